The van der Waals surface area contributed by atoms with Crippen LogP contribution in [-0.4, -0.2) is 16.5 Å². The summed E-state index contributed by atoms with van der Waals surface area (Å²) < 4.78 is 7.91. The first-order chi connectivity index (χ1) is 6.77. The van der Waals surface area contributed by atoms with Crippen molar-refractivity contribution in [2.75, 3.05) is 7.11 Å². The summed E-state index contributed by atoms with van der Waals surface area (Å²) in [6.45, 7) is 0.382. The zero-order valence-electron chi connectivity index (χ0n) is 7.70. The normalized spacial score (nSPS) is 10.8. The number of nitrogens with two attached hydrogens (primary N) is 1. The number of ether oxygens (including phenoxy) is 1. The first kappa shape index (κ1) is 9.48. The summed E-state index contributed by atoms with van der Waals surface area (Å²) in [5.41, 5.74) is 6.56. The molecular formula is C9H10BrN3O. The number of aromatic nitrogens is 2. The van der Waals surface area contributed by atoms with E-state index in [4.69, 9.17) is 10.5 Å². The molecule has 0 spiro atoms. The highest BCUT2D eigenvalue weighted by Gasteiger charge is 2.10. The number of hydrogen-bond acceptors (Lipinski definition) is 3. The predicted octanol–water partition coefficient (Wildman–Crippen LogP) is 1.56. The van der Waals surface area contributed by atoms with Crippen LogP contribution in [0.25, 0.3) is 5.52 Å². The summed E-state index contributed by atoms with van der Waals surface area (Å²) in [4.78, 5) is 4.29. The van der Waals surface area contributed by atoms with E-state index in [0.29, 0.717) is 6.54 Å². The van der Waals surface area contributed by atoms with Gasteiger partial charge in [0.1, 0.15) is 10.4 Å². The van der Waals surface area contributed by atoms with Gasteiger partial charge in [-0.25, -0.2) is 4.98 Å². The highest BCUT2D eigenvalue weighted by atomic mass is 79.9. The molecule has 4 nitrogen and oxygen atoms in total. The fraction of sp³-hybridized carbons (Fsp3) is 0.222. The Hall–Kier alpha value is -1.07. The molecule has 0 unspecified atom stereocenters. The van der Waals surface area contributed by atoms with E-state index in [2.05, 4.69) is 20.9 Å². The van der Waals surface area contributed by atoms with Gasteiger partial charge in [0.05, 0.1) is 19.2 Å². The number of pyridine rings is 1. The summed E-state index contributed by atoms with van der Waals surface area (Å²) >= 11 is 3.38. The second-order valence-electron chi connectivity index (χ2n) is 2.81. The minimum absolute atomic E-state index is 0.382. The SMILES string of the molecule is COc1cccc2c(Br)nc(CN)n12. The van der Waals surface area contributed by atoms with Crippen molar-refractivity contribution in [2.24, 2.45) is 5.73 Å². The second-order valence-corrected chi connectivity index (χ2v) is 3.56. The van der Waals surface area contributed by atoms with Crippen LogP contribution in [-0.2, 0) is 6.54 Å². The van der Waals surface area contributed by atoms with E-state index in [-0.39, 0.29) is 0 Å². The van der Waals surface area contributed by atoms with Crippen LogP contribution in [0.4, 0.5) is 0 Å². The highest BCUT2D eigenvalue weighted by Crippen LogP contribution is 2.23. The molecule has 2 N–H and O–H groups in total. The van der Waals surface area contributed by atoms with Gasteiger partial charge in [0.25, 0.3) is 0 Å². The lowest BCUT2D eigenvalue weighted by Crippen LogP contribution is -2.04. The standard InChI is InChI=1S/C9H10BrN3O/c1-14-8-4-2-3-6-9(10)12-7(5-11)13(6)8/h2-4H,5,11H2,1H3. The largest absolute Gasteiger partial charge is 0.482 e. The van der Waals surface area contributed by atoms with Crippen LogP contribution in [0.5, 0.6) is 5.88 Å². The van der Waals surface area contributed by atoms with Gasteiger partial charge >= 0.3 is 0 Å². The number of hydrogen-bond donors (Lipinski definition) is 1. The topological polar surface area (TPSA) is 52.5 Å². The van der Waals surface area contributed by atoms with E-state index in [9.17, 15) is 0 Å². The lowest BCUT2D eigenvalue weighted by molar-refractivity contribution is 0.390. The van der Waals surface area contributed by atoms with Gasteiger partial charge in [-0.3, -0.25) is 4.40 Å². The Balaban J connectivity index is 2.82. The van der Waals surface area contributed by atoms with Crippen LogP contribution >= 0.6 is 15.9 Å². The molecule has 0 amide bonds. The average Bonchev–Trinajstić information content (AvgIpc) is 2.56. The minimum Gasteiger partial charge on any atom is -0.482 e. The van der Waals surface area contributed by atoms with E-state index in [1.165, 1.54) is 0 Å². The molecule has 0 aromatic carbocycles. The van der Waals surface area contributed by atoms with Crippen molar-refractivity contribution < 1.29 is 4.74 Å². The molecule has 0 bridgehead atoms. The molecule has 14 heavy (non-hydrogen) atoms. The molecule has 2 aromatic heterocycles. The van der Waals surface area contributed by atoms with Gasteiger partial charge in [-0.05, 0) is 28.1 Å². The maximum Gasteiger partial charge on any atom is 0.199 e. The van der Waals surface area contributed by atoms with Crippen LogP contribution in [0.15, 0.2) is 22.8 Å². The number of methoxy groups -OCH3 is 1. The Morgan fingerprint density at radius 3 is 3.00 bits per heavy atom. The third-order valence-corrected chi connectivity index (χ3v) is 2.63. The third-order valence-electron chi connectivity index (χ3n) is 2.04. The molecule has 2 heterocycles. The summed E-state index contributed by atoms with van der Waals surface area (Å²) in [6.07, 6.45) is 0. The number of fused-ring (bicyclic) bond motifs is 1. The van der Waals surface area contributed by atoms with Gasteiger partial charge in [0.2, 0.25) is 0 Å². The molecule has 0 aliphatic heterocycles. The smallest absolute Gasteiger partial charge is 0.199 e. The number of imidazole rings is 1. The van der Waals surface area contributed by atoms with E-state index in [1.54, 1.807) is 7.11 Å². The van der Waals surface area contributed by atoms with Crippen molar-refractivity contribution in [3.05, 3.63) is 28.6 Å². The van der Waals surface area contributed by atoms with E-state index >= 15 is 0 Å². The van der Waals surface area contributed by atoms with Crippen LogP contribution in [0, 0.1) is 0 Å². The number of halogens is 1. The summed E-state index contributed by atoms with van der Waals surface area (Å²) in [5, 5.41) is 0. The van der Waals surface area contributed by atoms with Crippen molar-refractivity contribution in [1.29, 1.82) is 0 Å². The molecule has 74 valence electrons. The molecular weight excluding hydrogens is 246 g/mol. The zero-order valence-corrected chi connectivity index (χ0v) is 9.28. The maximum absolute atomic E-state index is 5.59. The van der Waals surface area contributed by atoms with Gasteiger partial charge in [-0.2, -0.15) is 0 Å². The lowest BCUT2D eigenvalue weighted by atomic mass is 10.4. The fourth-order valence-corrected chi connectivity index (χ4v) is 1.95. The molecule has 0 fully saturated rings. The Labute approximate surface area is 89.8 Å². The first-order valence-corrected chi connectivity index (χ1v) is 4.97. The highest BCUT2D eigenvalue weighted by molar-refractivity contribution is 9.10. The Morgan fingerprint density at radius 2 is 2.36 bits per heavy atom. The van der Waals surface area contributed by atoms with Gasteiger partial charge in [0.15, 0.2) is 5.88 Å². The zero-order chi connectivity index (χ0) is 10.1. The number of rotatable bonds is 2. The molecule has 2 rings (SSSR count). The van der Waals surface area contributed by atoms with Gasteiger partial charge in [0, 0.05) is 0 Å². The lowest BCUT2D eigenvalue weighted by Gasteiger charge is -2.05. The fourth-order valence-electron chi connectivity index (χ4n) is 1.43. The summed E-state index contributed by atoms with van der Waals surface area (Å²) in [7, 11) is 1.63. The number of nitrogens with zero attached hydrogens (tertiary/aromatic N) is 2. The first-order valence-electron chi connectivity index (χ1n) is 4.18. The molecule has 0 aliphatic carbocycles. The van der Waals surface area contributed by atoms with Crippen molar-refractivity contribution in [2.45, 2.75) is 6.54 Å². The third kappa shape index (κ3) is 1.29. The monoisotopic (exact) mass is 255 g/mol. The molecule has 0 saturated heterocycles. The van der Waals surface area contributed by atoms with E-state index < -0.39 is 0 Å². The van der Waals surface area contributed by atoms with Crippen molar-refractivity contribution >= 4 is 21.4 Å². The van der Waals surface area contributed by atoms with Crippen molar-refractivity contribution in [3.63, 3.8) is 0 Å². The average molecular weight is 256 g/mol. The molecule has 0 radical (unpaired) electrons. The van der Waals surface area contributed by atoms with Crippen molar-refractivity contribution in [3.8, 4) is 5.88 Å². The van der Waals surface area contributed by atoms with Gasteiger partial charge < -0.3 is 10.5 Å². The maximum atomic E-state index is 5.59. The predicted molar refractivity (Wildman–Crippen MR) is 57.3 cm³/mol. The van der Waals surface area contributed by atoms with Crippen molar-refractivity contribution in [1.82, 2.24) is 9.38 Å². The Morgan fingerprint density at radius 1 is 1.57 bits per heavy atom. The Kier molecular flexibility index (Phi) is 2.43. The van der Waals surface area contributed by atoms with Crippen LogP contribution in [0.3, 0.4) is 0 Å². The Bertz CT molecular complexity index is 466. The molecule has 0 atom stereocenters. The van der Waals surface area contributed by atoms with Gasteiger partial charge in [-0.1, -0.05) is 6.07 Å². The van der Waals surface area contributed by atoms with Gasteiger partial charge in [-0.15, -0.1) is 0 Å². The van der Waals surface area contributed by atoms with E-state index in [1.807, 2.05) is 22.6 Å². The summed E-state index contributed by atoms with van der Waals surface area (Å²) in [5.74, 6) is 1.52. The second kappa shape index (κ2) is 3.59. The quantitative estimate of drug-likeness (QED) is 0.887. The van der Waals surface area contributed by atoms with Crippen LogP contribution < -0.4 is 10.5 Å². The minimum atomic E-state index is 0.382. The molecule has 0 aliphatic rings. The summed E-state index contributed by atoms with van der Waals surface area (Å²) in [6, 6.07) is 5.75. The molecule has 5 heteroatoms. The van der Waals surface area contributed by atoms with E-state index in [0.717, 1.165) is 21.8 Å². The van der Waals surface area contributed by atoms with Crippen LogP contribution in [0.1, 0.15) is 5.82 Å². The molecule has 2 aromatic rings. The van der Waals surface area contributed by atoms with Crippen LogP contribution in [0.2, 0.25) is 0 Å². The molecule has 0 saturated carbocycles.